The molecule has 0 radical (unpaired) electrons. The molecule has 0 unspecified atom stereocenters. The van der Waals surface area contributed by atoms with E-state index in [4.69, 9.17) is 4.74 Å². The van der Waals surface area contributed by atoms with E-state index in [-0.39, 0.29) is 12.4 Å². The minimum atomic E-state index is 0. The van der Waals surface area contributed by atoms with Crippen LogP contribution in [0.5, 0.6) is 0 Å². The SMILES string of the molecule is C1COCCN1.Cc1ccccc1Nc1ncc2ccccc2n1.Cl. The summed E-state index contributed by atoms with van der Waals surface area (Å²) in [6.07, 6.45) is 1.84. The van der Waals surface area contributed by atoms with Crippen molar-refractivity contribution in [3.63, 3.8) is 0 Å². The first-order valence-electron chi connectivity index (χ1n) is 8.16. The number of benzene rings is 2. The number of anilines is 2. The molecule has 0 bridgehead atoms. The number of fused-ring (bicyclic) bond motifs is 1. The van der Waals surface area contributed by atoms with E-state index in [0.717, 1.165) is 42.9 Å². The predicted octanol–water partition coefficient (Wildman–Crippen LogP) is 3.71. The lowest BCUT2D eigenvalue weighted by Crippen LogP contribution is -2.30. The Morgan fingerprint density at radius 3 is 2.40 bits per heavy atom. The van der Waals surface area contributed by atoms with Crippen LogP contribution in [0, 0.1) is 6.92 Å². The van der Waals surface area contributed by atoms with Crippen molar-refractivity contribution >= 4 is 34.9 Å². The zero-order chi connectivity index (χ0) is 16.6. The second-order valence-electron chi connectivity index (χ2n) is 5.55. The second kappa shape index (κ2) is 9.93. The number of para-hydroxylation sites is 2. The topological polar surface area (TPSA) is 59.1 Å². The van der Waals surface area contributed by atoms with Crippen LogP contribution in [-0.2, 0) is 4.74 Å². The van der Waals surface area contributed by atoms with Crippen LogP contribution >= 0.6 is 12.4 Å². The molecule has 0 spiro atoms. The monoisotopic (exact) mass is 358 g/mol. The Kier molecular flexibility index (Phi) is 7.60. The van der Waals surface area contributed by atoms with Gasteiger partial charge in [0.15, 0.2) is 0 Å². The van der Waals surface area contributed by atoms with E-state index >= 15 is 0 Å². The van der Waals surface area contributed by atoms with Crippen molar-refractivity contribution in [2.45, 2.75) is 6.92 Å². The fraction of sp³-hybridized carbons (Fsp3) is 0.263. The Hall–Kier alpha value is -2.21. The van der Waals surface area contributed by atoms with Crippen LogP contribution in [-0.4, -0.2) is 36.3 Å². The minimum Gasteiger partial charge on any atom is -0.379 e. The van der Waals surface area contributed by atoms with E-state index in [0.29, 0.717) is 5.95 Å². The molecule has 1 saturated heterocycles. The number of hydrogen-bond donors (Lipinski definition) is 2. The third kappa shape index (κ3) is 5.67. The van der Waals surface area contributed by atoms with Gasteiger partial charge in [0.25, 0.3) is 0 Å². The standard InChI is InChI=1S/C15H13N3.C4H9NO.ClH/c1-11-6-2-4-8-13(11)17-15-16-10-12-7-3-5-9-14(12)18-15;1-3-6-4-2-5-1;/h2-10H,1H3,(H,16,17,18);5H,1-4H2;1H. The summed E-state index contributed by atoms with van der Waals surface area (Å²) in [4.78, 5) is 8.81. The van der Waals surface area contributed by atoms with Gasteiger partial charge in [-0.1, -0.05) is 36.4 Å². The Bertz CT molecular complexity index is 781. The summed E-state index contributed by atoms with van der Waals surface area (Å²) in [5.74, 6) is 0.628. The molecule has 0 aliphatic carbocycles. The third-order valence-electron chi connectivity index (χ3n) is 3.73. The van der Waals surface area contributed by atoms with Crippen molar-refractivity contribution in [1.82, 2.24) is 15.3 Å². The highest BCUT2D eigenvalue weighted by molar-refractivity contribution is 5.85. The molecule has 3 aromatic rings. The molecule has 0 saturated carbocycles. The van der Waals surface area contributed by atoms with E-state index in [1.807, 2.05) is 48.7 Å². The Morgan fingerprint density at radius 2 is 1.72 bits per heavy atom. The average Bonchev–Trinajstić information content (AvgIpc) is 2.65. The molecule has 4 rings (SSSR count). The molecule has 132 valence electrons. The van der Waals surface area contributed by atoms with Crippen molar-refractivity contribution in [2.24, 2.45) is 0 Å². The molecule has 0 amide bonds. The lowest BCUT2D eigenvalue weighted by molar-refractivity contribution is 0.109. The van der Waals surface area contributed by atoms with E-state index < -0.39 is 0 Å². The molecule has 1 fully saturated rings. The molecule has 1 aromatic heterocycles. The predicted molar refractivity (Wildman–Crippen MR) is 105 cm³/mol. The summed E-state index contributed by atoms with van der Waals surface area (Å²) >= 11 is 0. The molecule has 2 N–H and O–H groups in total. The van der Waals surface area contributed by atoms with Gasteiger partial charge in [-0.2, -0.15) is 0 Å². The average molecular weight is 359 g/mol. The maximum atomic E-state index is 5.01. The van der Waals surface area contributed by atoms with Gasteiger partial charge in [-0.3, -0.25) is 0 Å². The van der Waals surface area contributed by atoms with Crippen LogP contribution in [0.4, 0.5) is 11.6 Å². The number of aromatic nitrogens is 2. The smallest absolute Gasteiger partial charge is 0.227 e. The number of nitrogens with one attached hydrogen (secondary N) is 2. The lowest BCUT2D eigenvalue weighted by atomic mass is 10.2. The number of aryl methyl sites for hydroxylation is 1. The number of halogens is 1. The van der Waals surface area contributed by atoms with Crippen LogP contribution in [0.2, 0.25) is 0 Å². The van der Waals surface area contributed by atoms with Gasteiger partial charge in [0.2, 0.25) is 5.95 Å². The lowest BCUT2D eigenvalue weighted by Gasteiger charge is -2.10. The molecular weight excluding hydrogens is 336 g/mol. The van der Waals surface area contributed by atoms with Crippen LogP contribution < -0.4 is 10.6 Å². The van der Waals surface area contributed by atoms with Gasteiger partial charge in [0.1, 0.15) is 0 Å². The van der Waals surface area contributed by atoms with Crippen molar-refractivity contribution in [1.29, 1.82) is 0 Å². The van der Waals surface area contributed by atoms with Gasteiger partial charge in [0.05, 0.1) is 18.7 Å². The van der Waals surface area contributed by atoms with Gasteiger partial charge < -0.3 is 15.4 Å². The highest BCUT2D eigenvalue weighted by atomic mass is 35.5. The normalized spacial score (nSPS) is 13.3. The summed E-state index contributed by atoms with van der Waals surface area (Å²) in [6, 6.07) is 16.1. The van der Waals surface area contributed by atoms with Crippen molar-refractivity contribution in [3.8, 4) is 0 Å². The minimum absolute atomic E-state index is 0. The summed E-state index contributed by atoms with van der Waals surface area (Å²) in [6.45, 7) is 5.89. The largest absolute Gasteiger partial charge is 0.379 e. The van der Waals surface area contributed by atoms with E-state index in [9.17, 15) is 0 Å². The highest BCUT2D eigenvalue weighted by Crippen LogP contribution is 2.19. The summed E-state index contributed by atoms with van der Waals surface area (Å²) < 4.78 is 5.01. The Balaban J connectivity index is 0.000000275. The number of morpholine rings is 1. The molecule has 5 nitrogen and oxygen atoms in total. The zero-order valence-corrected chi connectivity index (χ0v) is 15.1. The maximum absolute atomic E-state index is 5.01. The van der Waals surface area contributed by atoms with Gasteiger partial charge >= 0.3 is 0 Å². The van der Waals surface area contributed by atoms with Gasteiger partial charge in [0, 0.05) is 30.4 Å². The second-order valence-corrected chi connectivity index (χ2v) is 5.55. The first-order valence-corrected chi connectivity index (χ1v) is 8.16. The molecule has 1 aliphatic heterocycles. The molecule has 6 heteroatoms. The van der Waals surface area contributed by atoms with Gasteiger partial charge in [-0.15, -0.1) is 12.4 Å². The van der Waals surface area contributed by atoms with Crippen LogP contribution in [0.1, 0.15) is 5.56 Å². The van der Waals surface area contributed by atoms with Gasteiger partial charge in [-0.05, 0) is 24.6 Å². The first kappa shape index (κ1) is 19.1. The van der Waals surface area contributed by atoms with Crippen LogP contribution in [0.15, 0.2) is 54.7 Å². The Labute approximate surface area is 154 Å². The summed E-state index contributed by atoms with van der Waals surface area (Å²) in [5, 5.41) is 7.45. The number of hydrogen-bond acceptors (Lipinski definition) is 5. The van der Waals surface area contributed by atoms with E-state index in [1.165, 1.54) is 5.56 Å². The van der Waals surface area contributed by atoms with Crippen molar-refractivity contribution in [2.75, 3.05) is 31.6 Å². The third-order valence-corrected chi connectivity index (χ3v) is 3.73. The molecule has 2 heterocycles. The van der Waals surface area contributed by atoms with Crippen LogP contribution in [0.25, 0.3) is 10.9 Å². The van der Waals surface area contributed by atoms with E-state index in [1.54, 1.807) is 0 Å². The summed E-state index contributed by atoms with van der Waals surface area (Å²) in [7, 11) is 0. The van der Waals surface area contributed by atoms with E-state index in [2.05, 4.69) is 33.6 Å². The fourth-order valence-corrected chi connectivity index (χ4v) is 2.38. The first-order chi connectivity index (χ1) is 11.8. The summed E-state index contributed by atoms with van der Waals surface area (Å²) in [5.41, 5.74) is 3.16. The van der Waals surface area contributed by atoms with Gasteiger partial charge in [-0.25, -0.2) is 9.97 Å². The Morgan fingerprint density at radius 1 is 1.00 bits per heavy atom. The number of rotatable bonds is 2. The molecule has 1 aliphatic rings. The maximum Gasteiger partial charge on any atom is 0.227 e. The molecule has 2 aromatic carbocycles. The number of nitrogens with zero attached hydrogens (tertiary/aromatic N) is 2. The molecular formula is C19H23ClN4O. The zero-order valence-electron chi connectivity index (χ0n) is 14.2. The highest BCUT2D eigenvalue weighted by Gasteiger charge is 2.01. The fourth-order valence-electron chi connectivity index (χ4n) is 2.38. The molecule has 0 atom stereocenters. The van der Waals surface area contributed by atoms with Crippen molar-refractivity contribution in [3.05, 3.63) is 60.3 Å². The molecule has 25 heavy (non-hydrogen) atoms. The quantitative estimate of drug-likeness (QED) is 0.731. The number of ether oxygens (including phenoxy) is 1. The van der Waals surface area contributed by atoms with Crippen LogP contribution in [0.3, 0.4) is 0 Å². The van der Waals surface area contributed by atoms with Crippen molar-refractivity contribution < 1.29 is 4.74 Å².